The van der Waals surface area contributed by atoms with Crippen molar-refractivity contribution in [3.63, 3.8) is 0 Å². The fraction of sp³-hybridized carbons (Fsp3) is 0.143. The SMILES string of the molecule is Cc1ccc(F)c(-c2cc(N)ccc2C)c1. The van der Waals surface area contributed by atoms with Crippen molar-refractivity contribution < 1.29 is 4.39 Å². The van der Waals surface area contributed by atoms with E-state index in [0.29, 0.717) is 11.3 Å². The van der Waals surface area contributed by atoms with E-state index in [1.54, 1.807) is 6.07 Å². The van der Waals surface area contributed by atoms with Gasteiger partial charge in [0.2, 0.25) is 0 Å². The van der Waals surface area contributed by atoms with E-state index >= 15 is 0 Å². The zero-order valence-electron chi connectivity index (χ0n) is 9.42. The van der Waals surface area contributed by atoms with Crippen molar-refractivity contribution in [3.05, 3.63) is 53.3 Å². The molecule has 2 heteroatoms. The number of rotatable bonds is 1. The Hall–Kier alpha value is -1.83. The molecule has 0 fully saturated rings. The quantitative estimate of drug-likeness (QED) is 0.721. The summed E-state index contributed by atoms with van der Waals surface area (Å²) in [6.07, 6.45) is 0. The van der Waals surface area contributed by atoms with Gasteiger partial charge < -0.3 is 5.73 Å². The van der Waals surface area contributed by atoms with Crippen molar-refractivity contribution in [1.82, 2.24) is 0 Å². The highest BCUT2D eigenvalue weighted by Crippen LogP contribution is 2.28. The Morgan fingerprint density at radius 2 is 1.69 bits per heavy atom. The normalized spacial score (nSPS) is 10.4. The predicted molar refractivity (Wildman–Crippen MR) is 65.7 cm³/mol. The van der Waals surface area contributed by atoms with E-state index < -0.39 is 0 Å². The third-order valence-corrected chi connectivity index (χ3v) is 2.67. The van der Waals surface area contributed by atoms with Crippen LogP contribution in [-0.2, 0) is 0 Å². The lowest BCUT2D eigenvalue weighted by Gasteiger charge is -2.09. The molecule has 2 aromatic rings. The molecular formula is C14H14FN. The lowest BCUT2D eigenvalue weighted by atomic mass is 9.98. The van der Waals surface area contributed by atoms with Crippen molar-refractivity contribution in [3.8, 4) is 11.1 Å². The van der Waals surface area contributed by atoms with Gasteiger partial charge in [-0.2, -0.15) is 0 Å². The minimum atomic E-state index is -0.209. The minimum Gasteiger partial charge on any atom is -0.399 e. The molecule has 0 aliphatic carbocycles. The van der Waals surface area contributed by atoms with Crippen LogP contribution >= 0.6 is 0 Å². The number of hydrogen-bond donors (Lipinski definition) is 1. The highest BCUT2D eigenvalue weighted by molar-refractivity contribution is 5.71. The van der Waals surface area contributed by atoms with Crippen LogP contribution in [0.3, 0.4) is 0 Å². The van der Waals surface area contributed by atoms with Gasteiger partial charge in [0.1, 0.15) is 5.82 Å². The molecule has 2 N–H and O–H groups in total. The summed E-state index contributed by atoms with van der Waals surface area (Å²) in [6, 6.07) is 10.6. The van der Waals surface area contributed by atoms with Crippen LogP contribution in [0.15, 0.2) is 36.4 Å². The Kier molecular flexibility index (Phi) is 2.65. The number of anilines is 1. The molecule has 2 rings (SSSR count). The van der Waals surface area contributed by atoms with Gasteiger partial charge in [-0.25, -0.2) is 4.39 Å². The second kappa shape index (κ2) is 3.97. The lowest BCUT2D eigenvalue weighted by Crippen LogP contribution is -1.92. The smallest absolute Gasteiger partial charge is 0.131 e. The summed E-state index contributed by atoms with van der Waals surface area (Å²) < 4.78 is 13.7. The summed E-state index contributed by atoms with van der Waals surface area (Å²) in [6.45, 7) is 3.90. The van der Waals surface area contributed by atoms with Crippen LogP contribution in [0, 0.1) is 19.7 Å². The van der Waals surface area contributed by atoms with E-state index in [1.807, 2.05) is 38.1 Å². The number of nitrogens with two attached hydrogens (primary N) is 1. The molecular weight excluding hydrogens is 201 g/mol. The van der Waals surface area contributed by atoms with Gasteiger partial charge in [-0.1, -0.05) is 17.7 Å². The summed E-state index contributed by atoms with van der Waals surface area (Å²) in [5, 5.41) is 0. The molecule has 82 valence electrons. The largest absolute Gasteiger partial charge is 0.399 e. The Balaban J connectivity index is 2.66. The van der Waals surface area contributed by atoms with Crippen molar-refractivity contribution in [1.29, 1.82) is 0 Å². The first kappa shape index (κ1) is 10.7. The van der Waals surface area contributed by atoms with Crippen molar-refractivity contribution >= 4 is 5.69 Å². The molecule has 0 spiro atoms. The van der Waals surface area contributed by atoms with E-state index in [4.69, 9.17) is 5.73 Å². The Bertz CT molecular complexity index is 483. The topological polar surface area (TPSA) is 26.0 Å². The summed E-state index contributed by atoms with van der Waals surface area (Å²) in [4.78, 5) is 0. The average molecular weight is 215 g/mol. The maximum atomic E-state index is 13.7. The van der Waals surface area contributed by atoms with Gasteiger partial charge in [-0.05, 0) is 49.2 Å². The number of nitrogen functional groups attached to an aromatic ring is 1. The summed E-state index contributed by atoms with van der Waals surface area (Å²) in [5.41, 5.74) is 9.93. The van der Waals surface area contributed by atoms with E-state index in [-0.39, 0.29) is 5.82 Å². The molecule has 2 aromatic carbocycles. The third-order valence-electron chi connectivity index (χ3n) is 2.67. The zero-order chi connectivity index (χ0) is 11.7. The molecule has 0 heterocycles. The molecule has 16 heavy (non-hydrogen) atoms. The molecule has 0 amide bonds. The predicted octanol–water partition coefficient (Wildman–Crippen LogP) is 3.69. The van der Waals surface area contributed by atoms with Gasteiger partial charge in [0.05, 0.1) is 0 Å². The first-order chi connectivity index (χ1) is 7.58. The minimum absolute atomic E-state index is 0.209. The highest BCUT2D eigenvalue weighted by Gasteiger charge is 2.08. The molecule has 0 saturated carbocycles. The monoisotopic (exact) mass is 215 g/mol. The van der Waals surface area contributed by atoms with Crippen molar-refractivity contribution in [2.75, 3.05) is 5.73 Å². The van der Waals surface area contributed by atoms with Crippen molar-refractivity contribution in [2.24, 2.45) is 0 Å². The Morgan fingerprint density at radius 3 is 2.44 bits per heavy atom. The standard InChI is InChI=1S/C14H14FN/c1-9-3-6-14(15)13(7-9)12-8-11(16)5-4-10(12)2/h3-8H,16H2,1-2H3. The molecule has 0 unspecified atom stereocenters. The van der Waals surface area contributed by atoms with E-state index in [1.165, 1.54) is 6.07 Å². The van der Waals surface area contributed by atoms with Gasteiger partial charge in [-0.15, -0.1) is 0 Å². The Morgan fingerprint density at radius 1 is 0.938 bits per heavy atom. The number of hydrogen-bond acceptors (Lipinski definition) is 1. The van der Waals surface area contributed by atoms with E-state index in [0.717, 1.165) is 16.7 Å². The molecule has 0 aliphatic heterocycles. The van der Waals surface area contributed by atoms with Crippen LogP contribution in [0.2, 0.25) is 0 Å². The van der Waals surface area contributed by atoms with Crippen LogP contribution in [0.5, 0.6) is 0 Å². The summed E-state index contributed by atoms with van der Waals surface area (Å²) in [7, 11) is 0. The average Bonchev–Trinajstić information content (AvgIpc) is 2.25. The van der Waals surface area contributed by atoms with E-state index in [9.17, 15) is 4.39 Å². The van der Waals surface area contributed by atoms with Crippen LogP contribution in [0.25, 0.3) is 11.1 Å². The second-order valence-electron chi connectivity index (χ2n) is 4.06. The first-order valence-corrected chi connectivity index (χ1v) is 5.20. The number of halogens is 1. The van der Waals surface area contributed by atoms with Gasteiger partial charge in [0.15, 0.2) is 0 Å². The first-order valence-electron chi connectivity index (χ1n) is 5.20. The molecule has 0 bridgehead atoms. The third kappa shape index (κ3) is 1.91. The lowest BCUT2D eigenvalue weighted by molar-refractivity contribution is 0.631. The van der Waals surface area contributed by atoms with Crippen LogP contribution in [0.4, 0.5) is 10.1 Å². The van der Waals surface area contributed by atoms with Crippen molar-refractivity contribution in [2.45, 2.75) is 13.8 Å². The molecule has 0 aliphatic rings. The molecule has 0 radical (unpaired) electrons. The second-order valence-corrected chi connectivity index (χ2v) is 4.06. The maximum absolute atomic E-state index is 13.7. The number of benzene rings is 2. The maximum Gasteiger partial charge on any atom is 0.131 e. The molecule has 0 saturated heterocycles. The summed E-state index contributed by atoms with van der Waals surface area (Å²) >= 11 is 0. The van der Waals surface area contributed by atoms with Crippen LogP contribution in [0.1, 0.15) is 11.1 Å². The fourth-order valence-electron chi connectivity index (χ4n) is 1.78. The van der Waals surface area contributed by atoms with Gasteiger partial charge in [-0.3, -0.25) is 0 Å². The molecule has 0 atom stereocenters. The highest BCUT2D eigenvalue weighted by atomic mass is 19.1. The van der Waals surface area contributed by atoms with Gasteiger partial charge in [0, 0.05) is 11.3 Å². The van der Waals surface area contributed by atoms with Gasteiger partial charge in [0.25, 0.3) is 0 Å². The number of aryl methyl sites for hydroxylation is 2. The summed E-state index contributed by atoms with van der Waals surface area (Å²) in [5.74, 6) is -0.209. The Labute approximate surface area is 94.7 Å². The van der Waals surface area contributed by atoms with Crippen LogP contribution in [-0.4, -0.2) is 0 Å². The fourth-order valence-corrected chi connectivity index (χ4v) is 1.78. The van der Waals surface area contributed by atoms with Crippen LogP contribution < -0.4 is 5.73 Å². The molecule has 1 nitrogen and oxygen atoms in total. The zero-order valence-corrected chi connectivity index (χ0v) is 9.42. The van der Waals surface area contributed by atoms with Gasteiger partial charge >= 0.3 is 0 Å². The molecule has 0 aromatic heterocycles. The van der Waals surface area contributed by atoms with E-state index in [2.05, 4.69) is 0 Å².